The van der Waals surface area contributed by atoms with Gasteiger partial charge in [-0.2, -0.15) is 0 Å². The topological polar surface area (TPSA) is 43.1 Å². The number of benzene rings is 1. The van der Waals surface area contributed by atoms with Crippen molar-refractivity contribution in [3.8, 4) is 0 Å². The fraction of sp³-hybridized carbons (Fsp3) is 0.571. The van der Waals surface area contributed by atoms with Crippen LogP contribution in [0.2, 0.25) is 0 Å². The summed E-state index contributed by atoms with van der Waals surface area (Å²) in [6.07, 6.45) is 1.91. The average Bonchev–Trinajstić information content (AvgIpc) is 2.34. The summed E-state index contributed by atoms with van der Waals surface area (Å²) in [6, 6.07) is 8.27. The van der Waals surface area contributed by atoms with Crippen LogP contribution in [0.15, 0.2) is 24.3 Å². The van der Waals surface area contributed by atoms with E-state index in [-0.39, 0.29) is 11.3 Å². The van der Waals surface area contributed by atoms with Crippen molar-refractivity contribution in [2.75, 3.05) is 5.75 Å². The van der Waals surface area contributed by atoms with Gasteiger partial charge in [0.15, 0.2) is 0 Å². The molecule has 4 atom stereocenters. The molecule has 1 aromatic carbocycles. The number of hydrogen-bond acceptors (Lipinski definition) is 2. The van der Waals surface area contributed by atoms with Gasteiger partial charge in [0, 0.05) is 22.6 Å². The zero-order chi connectivity index (χ0) is 12.4. The number of rotatable bonds is 3. The molecule has 0 saturated carbocycles. The summed E-state index contributed by atoms with van der Waals surface area (Å²) in [7, 11) is -0.790. The maximum Gasteiger partial charge on any atom is 0.0546 e. The second kappa shape index (κ2) is 5.32. The summed E-state index contributed by atoms with van der Waals surface area (Å²) in [5.74, 6) is 1.24. The first-order valence-corrected chi connectivity index (χ1v) is 7.75. The van der Waals surface area contributed by atoms with Crippen LogP contribution in [0.5, 0.6) is 0 Å². The molecule has 0 aliphatic heterocycles. The third kappa shape index (κ3) is 2.45. The van der Waals surface area contributed by atoms with E-state index in [9.17, 15) is 4.21 Å². The molecule has 1 aliphatic carbocycles. The van der Waals surface area contributed by atoms with Gasteiger partial charge in [-0.1, -0.05) is 38.1 Å². The Labute approximate surface area is 106 Å². The lowest BCUT2D eigenvalue weighted by Gasteiger charge is -2.34. The minimum Gasteiger partial charge on any atom is -0.323 e. The van der Waals surface area contributed by atoms with Gasteiger partial charge in [-0.3, -0.25) is 4.21 Å². The largest absolute Gasteiger partial charge is 0.323 e. The van der Waals surface area contributed by atoms with Crippen LogP contribution in [-0.4, -0.2) is 15.2 Å². The van der Waals surface area contributed by atoms with Crippen molar-refractivity contribution in [2.24, 2.45) is 5.73 Å². The number of fused-ring (bicyclic) bond motifs is 1. The lowest BCUT2D eigenvalue weighted by molar-refractivity contribution is 0.513. The summed E-state index contributed by atoms with van der Waals surface area (Å²) < 4.78 is 12.2. The first kappa shape index (κ1) is 12.8. The monoisotopic (exact) mass is 251 g/mol. The Kier molecular flexibility index (Phi) is 4.00. The smallest absolute Gasteiger partial charge is 0.0546 e. The Morgan fingerprint density at radius 1 is 1.35 bits per heavy atom. The molecule has 1 aromatic rings. The Morgan fingerprint density at radius 2 is 2.00 bits per heavy atom. The predicted octanol–water partition coefficient (Wildman–Crippen LogP) is 2.72. The molecule has 4 unspecified atom stereocenters. The van der Waals surface area contributed by atoms with Gasteiger partial charge in [0.25, 0.3) is 0 Å². The van der Waals surface area contributed by atoms with Gasteiger partial charge in [-0.05, 0) is 29.9 Å². The molecule has 0 spiro atoms. The molecule has 2 N–H and O–H groups in total. The molecule has 0 saturated heterocycles. The van der Waals surface area contributed by atoms with Gasteiger partial charge in [0.05, 0.1) is 5.25 Å². The molecule has 0 radical (unpaired) electrons. The average molecular weight is 251 g/mol. The summed E-state index contributed by atoms with van der Waals surface area (Å²) in [5.41, 5.74) is 8.82. The van der Waals surface area contributed by atoms with Crippen LogP contribution < -0.4 is 5.73 Å². The van der Waals surface area contributed by atoms with E-state index in [1.54, 1.807) is 0 Å². The Morgan fingerprint density at radius 3 is 2.65 bits per heavy atom. The van der Waals surface area contributed by atoms with E-state index in [1.807, 2.05) is 6.07 Å². The minimum absolute atomic E-state index is 0.0604. The van der Waals surface area contributed by atoms with E-state index >= 15 is 0 Å². The van der Waals surface area contributed by atoms with Gasteiger partial charge in [-0.25, -0.2) is 0 Å². The molecule has 0 fully saturated rings. The van der Waals surface area contributed by atoms with Crippen LogP contribution in [0.1, 0.15) is 49.8 Å². The van der Waals surface area contributed by atoms with Crippen molar-refractivity contribution >= 4 is 10.8 Å². The first-order chi connectivity index (χ1) is 8.15. The molecular formula is C14H21NOS. The zero-order valence-corrected chi connectivity index (χ0v) is 11.4. The highest BCUT2D eigenvalue weighted by atomic mass is 32.2. The first-order valence-electron chi connectivity index (χ1n) is 6.36. The predicted molar refractivity (Wildman–Crippen MR) is 73.5 cm³/mol. The van der Waals surface area contributed by atoms with Crippen molar-refractivity contribution < 1.29 is 4.21 Å². The van der Waals surface area contributed by atoms with E-state index in [0.29, 0.717) is 5.92 Å². The summed E-state index contributed by atoms with van der Waals surface area (Å²) in [5, 5.41) is 0.125. The van der Waals surface area contributed by atoms with E-state index in [4.69, 9.17) is 5.73 Å². The fourth-order valence-corrected chi connectivity index (χ4v) is 4.39. The maximum atomic E-state index is 12.2. The number of hydrogen-bond donors (Lipinski definition) is 1. The van der Waals surface area contributed by atoms with Gasteiger partial charge in [0.1, 0.15) is 0 Å². The van der Waals surface area contributed by atoms with Crippen LogP contribution in [0.3, 0.4) is 0 Å². The van der Waals surface area contributed by atoms with E-state index in [1.165, 1.54) is 11.1 Å². The van der Waals surface area contributed by atoms with Crippen LogP contribution in [0, 0.1) is 0 Å². The van der Waals surface area contributed by atoms with Crippen LogP contribution >= 0.6 is 0 Å². The summed E-state index contributed by atoms with van der Waals surface area (Å²) >= 11 is 0. The van der Waals surface area contributed by atoms with Gasteiger partial charge in [0.2, 0.25) is 0 Å². The molecular weight excluding hydrogens is 230 g/mol. The highest BCUT2D eigenvalue weighted by Gasteiger charge is 2.33. The molecule has 2 rings (SSSR count). The Hall–Kier alpha value is -0.670. The zero-order valence-electron chi connectivity index (χ0n) is 10.6. The molecule has 0 bridgehead atoms. The second-order valence-corrected chi connectivity index (χ2v) is 6.69. The fourth-order valence-electron chi connectivity index (χ4n) is 2.71. The molecule has 3 heteroatoms. The summed E-state index contributed by atoms with van der Waals surface area (Å²) in [4.78, 5) is 0. The summed E-state index contributed by atoms with van der Waals surface area (Å²) in [6.45, 7) is 4.28. The third-order valence-electron chi connectivity index (χ3n) is 3.62. The molecule has 0 aromatic heterocycles. The second-order valence-electron chi connectivity index (χ2n) is 4.91. The molecule has 17 heavy (non-hydrogen) atoms. The van der Waals surface area contributed by atoms with Gasteiger partial charge >= 0.3 is 0 Å². The lowest BCUT2D eigenvalue weighted by Crippen LogP contribution is -2.36. The van der Waals surface area contributed by atoms with Crippen molar-refractivity contribution in [1.29, 1.82) is 0 Å². The normalized spacial score (nSPS) is 29.7. The van der Waals surface area contributed by atoms with E-state index in [0.717, 1.165) is 18.6 Å². The van der Waals surface area contributed by atoms with Gasteiger partial charge in [-0.15, -0.1) is 0 Å². The molecule has 94 valence electrons. The SMILES string of the molecule is CCCS(=O)C1CC(C)c2ccccc2C1N. The Balaban J connectivity index is 2.29. The maximum absolute atomic E-state index is 12.2. The van der Waals surface area contributed by atoms with Crippen LogP contribution in [0.4, 0.5) is 0 Å². The molecule has 2 nitrogen and oxygen atoms in total. The standard InChI is InChI=1S/C14H21NOS/c1-3-8-17(16)13-9-10(2)11-6-4-5-7-12(11)14(13)15/h4-7,10,13-14H,3,8-9,15H2,1-2H3. The van der Waals surface area contributed by atoms with E-state index in [2.05, 4.69) is 32.0 Å². The molecule has 0 heterocycles. The van der Waals surface area contributed by atoms with Crippen molar-refractivity contribution in [1.82, 2.24) is 0 Å². The highest BCUT2D eigenvalue weighted by Crippen LogP contribution is 2.38. The van der Waals surface area contributed by atoms with Crippen molar-refractivity contribution in [3.63, 3.8) is 0 Å². The van der Waals surface area contributed by atoms with E-state index < -0.39 is 10.8 Å². The Bertz CT molecular complexity index is 418. The van der Waals surface area contributed by atoms with Gasteiger partial charge < -0.3 is 5.73 Å². The van der Waals surface area contributed by atoms with Crippen LogP contribution in [0.25, 0.3) is 0 Å². The lowest BCUT2D eigenvalue weighted by atomic mass is 9.81. The van der Waals surface area contributed by atoms with Crippen molar-refractivity contribution in [2.45, 2.75) is 43.9 Å². The van der Waals surface area contributed by atoms with Crippen LogP contribution in [-0.2, 0) is 10.8 Å². The quantitative estimate of drug-likeness (QED) is 0.897. The van der Waals surface area contributed by atoms with Crippen molar-refractivity contribution in [3.05, 3.63) is 35.4 Å². The molecule has 0 amide bonds. The minimum atomic E-state index is -0.790. The number of nitrogens with two attached hydrogens (primary N) is 1. The molecule has 1 aliphatic rings. The third-order valence-corrected chi connectivity index (χ3v) is 5.59. The highest BCUT2D eigenvalue weighted by molar-refractivity contribution is 7.85.